The summed E-state index contributed by atoms with van der Waals surface area (Å²) in [4.78, 5) is 16.0. The fourth-order valence-corrected chi connectivity index (χ4v) is 2.39. The van der Waals surface area contributed by atoms with E-state index in [0.29, 0.717) is 5.82 Å². The number of rotatable bonds is 3. The first-order chi connectivity index (χ1) is 12.7. The van der Waals surface area contributed by atoms with E-state index in [4.69, 9.17) is 27.9 Å². The summed E-state index contributed by atoms with van der Waals surface area (Å²) in [6.07, 6.45) is 2.67. The molecule has 8 nitrogen and oxygen atoms in total. The van der Waals surface area contributed by atoms with Gasteiger partial charge in [-0.25, -0.2) is 4.79 Å². The van der Waals surface area contributed by atoms with Crippen molar-refractivity contribution in [3.8, 4) is 11.1 Å². The van der Waals surface area contributed by atoms with E-state index in [1.165, 1.54) is 4.68 Å². The standard InChI is InChI=1S/C17H16Cl2N6O2/c1-17(2,3)27-16(26)25-9-11(8-20-25)10-4-6-12(7-5-10)21-14-13(18)23-24-15(19)22-14/h4-9H,1-3H3,(H,21,22,24). The van der Waals surface area contributed by atoms with Crippen LogP contribution < -0.4 is 5.32 Å². The molecule has 3 rings (SSSR count). The Bertz CT molecular complexity index is 966. The summed E-state index contributed by atoms with van der Waals surface area (Å²) in [5, 5.41) is 14.4. The molecule has 0 saturated carbocycles. The molecule has 27 heavy (non-hydrogen) atoms. The van der Waals surface area contributed by atoms with Gasteiger partial charge in [0.1, 0.15) is 5.60 Å². The Morgan fingerprint density at radius 3 is 2.48 bits per heavy atom. The summed E-state index contributed by atoms with van der Waals surface area (Å²) in [7, 11) is 0. The van der Waals surface area contributed by atoms with Gasteiger partial charge in [-0.15, -0.1) is 10.2 Å². The molecule has 0 spiro atoms. The molecular weight excluding hydrogens is 391 g/mol. The van der Waals surface area contributed by atoms with Gasteiger partial charge >= 0.3 is 6.09 Å². The van der Waals surface area contributed by atoms with Crippen molar-refractivity contribution in [3.05, 3.63) is 47.1 Å². The second kappa shape index (κ2) is 7.50. The lowest BCUT2D eigenvalue weighted by molar-refractivity contribution is 0.0514. The SMILES string of the molecule is CC(C)(C)OC(=O)n1cc(-c2ccc(Nc3nc(Cl)nnc3Cl)cc2)cn1. The van der Waals surface area contributed by atoms with Crippen LogP contribution in [0.4, 0.5) is 16.3 Å². The topological polar surface area (TPSA) is 94.8 Å². The van der Waals surface area contributed by atoms with E-state index in [1.807, 2.05) is 24.3 Å². The van der Waals surface area contributed by atoms with Crippen LogP contribution in [0.5, 0.6) is 0 Å². The predicted molar refractivity (Wildman–Crippen MR) is 102 cm³/mol. The van der Waals surface area contributed by atoms with Gasteiger partial charge in [0, 0.05) is 17.4 Å². The van der Waals surface area contributed by atoms with E-state index in [1.54, 1.807) is 33.2 Å². The molecule has 2 aromatic heterocycles. The van der Waals surface area contributed by atoms with E-state index >= 15 is 0 Å². The van der Waals surface area contributed by atoms with Crippen LogP contribution in [0.25, 0.3) is 11.1 Å². The summed E-state index contributed by atoms with van der Waals surface area (Å²) in [5.74, 6) is 0.308. The Hall–Kier alpha value is -2.71. The van der Waals surface area contributed by atoms with Crippen molar-refractivity contribution >= 4 is 40.8 Å². The number of benzene rings is 1. The minimum atomic E-state index is -0.587. The maximum atomic E-state index is 12.0. The van der Waals surface area contributed by atoms with E-state index in [0.717, 1.165) is 16.8 Å². The van der Waals surface area contributed by atoms with Crippen molar-refractivity contribution in [2.24, 2.45) is 0 Å². The molecule has 0 amide bonds. The molecule has 0 atom stereocenters. The molecule has 0 fully saturated rings. The van der Waals surface area contributed by atoms with Gasteiger partial charge in [-0.2, -0.15) is 14.8 Å². The molecular formula is C17H16Cl2N6O2. The second-order valence-corrected chi connectivity index (χ2v) is 7.27. The van der Waals surface area contributed by atoms with E-state index < -0.39 is 11.7 Å². The van der Waals surface area contributed by atoms with Crippen LogP contribution >= 0.6 is 23.2 Å². The van der Waals surface area contributed by atoms with Crippen molar-refractivity contribution in [3.63, 3.8) is 0 Å². The van der Waals surface area contributed by atoms with Crippen LogP contribution in [0.1, 0.15) is 20.8 Å². The molecule has 10 heteroatoms. The molecule has 1 aromatic carbocycles. The zero-order chi connectivity index (χ0) is 19.6. The smallest absolute Gasteiger partial charge is 0.435 e. The Labute approximate surface area is 165 Å². The molecule has 140 valence electrons. The highest BCUT2D eigenvalue weighted by Crippen LogP contribution is 2.25. The van der Waals surface area contributed by atoms with Gasteiger partial charge in [0.15, 0.2) is 11.0 Å². The average Bonchev–Trinajstić information content (AvgIpc) is 3.08. The highest BCUT2D eigenvalue weighted by atomic mass is 35.5. The normalized spacial score (nSPS) is 11.3. The van der Waals surface area contributed by atoms with Crippen LogP contribution in [0.15, 0.2) is 36.7 Å². The molecule has 3 aromatic rings. The minimum Gasteiger partial charge on any atom is -0.442 e. The Balaban J connectivity index is 1.74. The molecule has 0 aliphatic rings. The first-order valence-corrected chi connectivity index (χ1v) is 8.68. The zero-order valence-corrected chi connectivity index (χ0v) is 16.3. The number of carbonyl (C=O) groups excluding carboxylic acids is 1. The Morgan fingerprint density at radius 1 is 1.11 bits per heavy atom. The summed E-state index contributed by atoms with van der Waals surface area (Å²) in [5.41, 5.74) is 1.80. The van der Waals surface area contributed by atoms with E-state index in [2.05, 4.69) is 25.6 Å². The van der Waals surface area contributed by atoms with Crippen LogP contribution in [0, 0.1) is 0 Å². The average molecular weight is 407 g/mol. The lowest BCUT2D eigenvalue weighted by atomic mass is 10.1. The van der Waals surface area contributed by atoms with Crippen molar-refractivity contribution < 1.29 is 9.53 Å². The largest absolute Gasteiger partial charge is 0.442 e. The van der Waals surface area contributed by atoms with Crippen molar-refractivity contribution in [1.82, 2.24) is 25.0 Å². The molecule has 0 bridgehead atoms. The monoisotopic (exact) mass is 406 g/mol. The molecule has 0 aliphatic carbocycles. The molecule has 0 aliphatic heterocycles. The number of ether oxygens (including phenoxy) is 1. The van der Waals surface area contributed by atoms with Gasteiger partial charge in [0.05, 0.1) is 6.20 Å². The van der Waals surface area contributed by atoms with Crippen LogP contribution in [-0.4, -0.2) is 36.7 Å². The van der Waals surface area contributed by atoms with Crippen LogP contribution in [0.3, 0.4) is 0 Å². The van der Waals surface area contributed by atoms with Gasteiger partial charge in [-0.3, -0.25) is 0 Å². The van der Waals surface area contributed by atoms with Gasteiger partial charge in [0.2, 0.25) is 5.28 Å². The number of hydrogen-bond donors (Lipinski definition) is 1. The number of carbonyl (C=O) groups is 1. The zero-order valence-electron chi connectivity index (χ0n) is 14.8. The number of hydrogen-bond acceptors (Lipinski definition) is 7. The highest BCUT2D eigenvalue weighted by molar-refractivity contribution is 6.32. The number of nitrogens with zero attached hydrogens (tertiary/aromatic N) is 5. The first kappa shape index (κ1) is 19.1. The first-order valence-electron chi connectivity index (χ1n) is 7.92. The van der Waals surface area contributed by atoms with Crippen molar-refractivity contribution in [2.75, 3.05) is 5.32 Å². The third-order valence-corrected chi connectivity index (χ3v) is 3.68. The Kier molecular flexibility index (Phi) is 5.29. The quantitative estimate of drug-likeness (QED) is 0.680. The van der Waals surface area contributed by atoms with Gasteiger partial charge < -0.3 is 10.1 Å². The third-order valence-electron chi connectivity index (χ3n) is 3.26. The Morgan fingerprint density at radius 2 is 1.81 bits per heavy atom. The summed E-state index contributed by atoms with van der Waals surface area (Å²) in [6, 6.07) is 7.38. The molecule has 0 saturated heterocycles. The third kappa shape index (κ3) is 4.93. The predicted octanol–water partition coefficient (Wildman–Crippen LogP) is 4.57. The maximum absolute atomic E-state index is 12.0. The van der Waals surface area contributed by atoms with Crippen LogP contribution in [-0.2, 0) is 4.74 Å². The number of aromatic nitrogens is 5. The van der Waals surface area contributed by atoms with E-state index in [-0.39, 0.29) is 10.4 Å². The van der Waals surface area contributed by atoms with Crippen LogP contribution in [0.2, 0.25) is 10.4 Å². The van der Waals surface area contributed by atoms with Gasteiger partial charge in [-0.1, -0.05) is 23.7 Å². The molecule has 1 N–H and O–H groups in total. The highest BCUT2D eigenvalue weighted by Gasteiger charge is 2.18. The summed E-state index contributed by atoms with van der Waals surface area (Å²) >= 11 is 11.7. The molecule has 2 heterocycles. The number of anilines is 2. The van der Waals surface area contributed by atoms with E-state index in [9.17, 15) is 4.79 Å². The number of halogens is 2. The molecule has 0 unspecified atom stereocenters. The summed E-state index contributed by atoms with van der Waals surface area (Å²) < 4.78 is 6.46. The lowest BCUT2D eigenvalue weighted by Gasteiger charge is -2.18. The fourth-order valence-electron chi connectivity index (χ4n) is 2.14. The molecule has 0 radical (unpaired) electrons. The van der Waals surface area contributed by atoms with Crippen molar-refractivity contribution in [2.45, 2.75) is 26.4 Å². The summed E-state index contributed by atoms with van der Waals surface area (Å²) in [6.45, 7) is 5.40. The number of nitrogens with one attached hydrogen (secondary N) is 1. The minimum absolute atomic E-state index is 0.00641. The van der Waals surface area contributed by atoms with Gasteiger partial charge in [0.25, 0.3) is 0 Å². The maximum Gasteiger partial charge on any atom is 0.435 e. The second-order valence-electron chi connectivity index (χ2n) is 6.58. The van der Waals surface area contributed by atoms with Crippen molar-refractivity contribution in [1.29, 1.82) is 0 Å². The lowest BCUT2D eigenvalue weighted by Crippen LogP contribution is -2.27. The van der Waals surface area contributed by atoms with Gasteiger partial charge in [-0.05, 0) is 50.1 Å². The fraction of sp³-hybridized carbons (Fsp3) is 0.235.